The second kappa shape index (κ2) is 4.80. The maximum absolute atomic E-state index is 11.3. The van der Waals surface area contributed by atoms with Crippen molar-refractivity contribution >= 4 is 16.6 Å². The fraction of sp³-hybridized carbons (Fsp3) is 0.533. The first-order chi connectivity index (χ1) is 10.2. The lowest BCUT2D eigenvalue weighted by molar-refractivity contribution is -0.385. The third-order valence-electron chi connectivity index (χ3n) is 4.49. The van der Waals surface area contributed by atoms with Gasteiger partial charge in [0.25, 0.3) is 5.69 Å². The van der Waals surface area contributed by atoms with Crippen LogP contribution in [0.3, 0.4) is 0 Å². The van der Waals surface area contributed by atoms with E-state index in [1.165, 1.54) is 0 Å². The van der Waals surface area contributed by atoms with Crippen LogP contribution in [0, 0.1) is 10.1 Å². The number of rotatable bonds is 3. The van der Waals surface area contributed by atoms with Gasteiger partial charge in [0, 0.05) is 30.2 Å². The van der Waals surface area contributed by atoms with Crippen LogP contribution in [0.2, 0.25) is 0 Å². The predicted molar refractivity (Wildman–Crippen MR) is 77.5 cm³/mol. The molecule has 1 saturated heterocycles. The van der Waals surface area contributed by atoms with Crippen molar-refractivity contribution in [3.05, 3.63) is 34.0 Å². The second-order valence-corrected chi connectivity index (χ2v) is 5.93. The van der Waals surface area contributed by atoms with Gasteiger partial charge in [0.2, 0.25) is 0 Å². The molecule has 2 aliphatic rings. The molecule has 2 aromatic rings. The molecule has 6 nitrogen and oxygen atoms in total. The Bertz CT molecular complexity index is 699. The number of hydrogen-bond donors (Lipinski definition) is 0. The number of nitro benzene ring substituents is 1. The van der Waals surface area contributed by atoms with E-state index in [0.717, 1.165) is 55.4 Å². The van der Waals surface area contributed by atoms with Crippen molar-refractivity contribution in [2.24, 2.45) is 0 Å². The molecule has 0 amide bonds. The smallest absolute Gasteiger partial charge is 0.273 e. The van der Waals surface area contributed by atoms with Gasteiger partial charge in [-0.25, -0.2) is 0 Å². The molecule has 1 aromatic carbocycles. The number of nitrogens with zero attached hydrogens (tertiary/aromatic N) is 3. The average Bonchev–Trinajstić information content (AvgIpc) is 3.26. The highest BCUT2D eigenvalue weighted by Crippen LogP contribution is 2.45. The van der Waals surface area contributed by atoms with Gasteiger partial charge in [-0.15, -0.1) is 0 Å². The first-order valence-electron chi connectivity index (χ1n) is 7.47. The molecule has 4 rings (SSSR count). The lowest BCUT2D eigenvalue weighted by atomic mass is 10.0. The molecule has 0 unspecified atom stereocenters. The van der Waals surface area contributed by atoms with Gasteiger partial charge in [0.15, 0.2) is 0 Å². The molecule has 1 aromatic heterocycles. The van der Waals surface area contributed by atoms with Gasteiger partial charge in [-0.3, -0.25) is 14.8 Å². The van der Waals surface area contributed by atoms with Crippen LogP contribution in [-0.2, 0) is 4.74 Å². The largest absolute Gasteiger partial charge is 0.381 e. The van der Waals surface area contributed by atoms with E-state index in [9.17, 15) is 10.1 Å². The Labute approximate surface area is 121 Å². The third kappa shape index (κ3) is 2.19. The Hall–Kier alpha value is -1.95. The van der Waals surface area contributed by atoms with Crippen LogP contribution in [0.25, 0.3) is 10.9 Å². The quantitative estimate of drug-likeness (QED) is 0.642. The van der Waals surface area contributed by atoms with E-state index in [0.29, 0.717) is 12.0 Å². The summed E-state index contributed by atoms with van der Waals surface area (Å²) in [6.07, 6.45) is 5.75. The van der Waals surface area contributed by atoms with E-state index in [-0.39, 0.29) is 10.6 Å². The van der Waals surface area contributed by atoms with Crippen LogP contribution in [0.1, 0.15) is 43.2 Å². The lowest BCUT2D eigenvalue weighted by Gasteiger charge is -2.23. The molecule has 2 heterocycles. The normalized spacial score (nSPS) is 20.0. The fourth-order valence-electron chi connectivity index (χ4n) is 3.20. The summed E-state index contributed by atoms with van der Waals surface area (Å²) in [6, 6.07) is 4.02. The van der Waals surface area contributed by atoms with E-state index in [1.807, 2.05) is 10.7 Å². The summed E-state index contributed by atoms with van der Waals surface area (Å²) in [5, 5.41) is 16.6. The van der Waals surface area contributed by atoms with E-state index in [2.05, 4.69) is 5.10 Å². The zero-order valence-electron chi connectivity index (χ0n) is 11.7. The van der Waals surface area contributed by atoms with Gasteiger partial charge in [-0.1, -0.05) is 0 Å². The number of hydrogen-bond acceptors (Lipinski definition) is 4. The van der Waals surface area contributed by atoms with Crippen LogP contribution < -0.4 is 0 Å². The minimum atomic E-state index is -0.265. The van der Waals surface area contributed by atoms with Crippen molar-refractivity contribution in [1.29, 1.82) is 0 Å². The summed E-state index contributed by atoms with van der Waals surface area (Å²) >= 11 is 0. The van der Waals surface area contributed by atoms with Crippen LogP contribution in [0.4, 0.5) is 5.69 Å². The predicted octanol–water partition coefficient (Wildman–Crippen LogP) is 3.17. The first kappa shape index (κ1) is 12.8. The second-order valence-electron chi connectivity index (χ2n) is 5.93. The molecule has 1 aliphatic heterocycles. The summed E-state index contributed by atoms with van der Waals surface area (Å²) in [6.45, 7) is 1.52. The highest BCUT2D eigenvalue weighted by atomic mass is 16.6. The molecule has 1 aliphatic carbocycles. The lowest BCUT2D eigenvalue weighted by Crippen LogP contribution is -2.20. The zero-order chi connectivity index (χ0) is 14.4. The number of nitro groups is 1. The van der Waals surface area contributed by atoms with Gasteiger partial charge < -0.3 is 4.74 Å². The molecule has 0 N–H and O–H groups in total. The van der Waals surface area contributed by atoms with Crippen molar-refractivity contribution in [1.82, 2.24) is 9.78 Å². The summed E-state index contributed by atoms with van der Waals surface area (Å²) in [4.78, 5) is 11.0. The van der Waals surface area contributed by atoms with Gasteiger partial charge in [0.05, 0.1) is 22.7 Å². The Morgan fingerprint density at radius 2 is 2.00 bits per heavy atom. The van der Waals surface area contributed by atoms with Gasteiger partial charge >= 0.3 is 0 Å². The van der Waals surface area contributed by atoms with Crippen LogP contribution in [-0.4, -0.2) is 27.9 Å². The molecule has 6 heteroatoms. The molecule has 110 valence electrons. The van der Waals surface area contributed by atoms with E-state index in [4.69, 9.17) is 4.74 Å². The Morgan fingerprint density at radius 3 is 2.67 bits per heavy atom. The van der Waals surface area contributed by atoms with Crippen LogP contribution in [0.5, 0.6) is 0 Å². The Balaban J connectivity index is 1.83. The van der Waals surface area contributed by atoms with Crippen molar-refractivity contribution in [3.8, 4) is 0 Å². The van der Waals surface area contributed by atoms with Crippen molar-refractivity contribution in [2.75, 3.05) is 13.2 Å². The van der Waals surface area contributed by atoms with Crippen molar-refractivity contribution in [2.45, 2.75) is 37.6 Å². The zero-order valence-corrected chi connectivity index (χ0v) is 11.7. The molecule has 0 atom stereocenters. The SMILES string of the molecule is O=[N+]([O-])c1cc2cnn(C3CCOCC3)c2cc1C1CC1. The minimum Gasteiger partial charge on any atom is -0.381 e. The van der Waals surface area contributed by atoms with Crippen molar-refractivity contribution in [3.63, 3.8) is 0 Å². The average molecular weight is 287 g/mol. The maximum Gasteiger partial charge on any atom is 0.273 e. The highest BCUT2D eigenvalue weighted by Gasteiger charge is 2.32. The monoisotopic (exact) mass is 287 g/mol. The third-order valence-corrected chi connectivity index (χ3v) is 4.49. The van der Waals surface area contributed by atoms with Gasteiger partial charge in [-0.2, -0.15) is 5.10 Å². The number of benzene rings is 1. The maximum atomic E-state index is 11.3. The number of ether oxygens (including phenoxy) is 1. The van der Waals surface area contributed by atoms with Crippen molar-refractivity contribution < 1.29 is 9.66 Å². The molecular formula is C15H17N3O3. The molecule has 21 heavy (non-hydrogen) atoms. The molecule has 2 fully saturated rings. The Morgan fingerprint density at radius 1 is 1.24 bits per heavy atom. The number of fused-ring (bicyclic) bond motifs is 1. The molecule has 0 bridgehead atoms. The number of aromatic nitrogens is 2. The summed E-state index contributed by atoms with van der Waals surface area (Å²) in [7, 11) is 0. The molecular weight excluding hydrogens is 270 g/mol. The minimum absolute atomic E-state index is 0.247. The van der Waals surface area contributed by atoms with Gasteiger partial charge in [-0.05, 0) is 37.7 Å². The van der Waals surface area contributed by atoms with E-state index >= 15 is 0 Å². The summed E-state index contributed by atoms with van der Waals surface area (Å²) < 4.78 is 7.44. The van der Waals surface area contributed by atoms with Crippen LogP contribution >= 0.6 is 0 Å². The molecule has 0 radical (unpaired) electrons. The summed E-state index contributed by atoms with van der Waals surface area (Å²) in [5.74, 6) is 0.354. The van der Waals surface area contributed by atoms with Gasteiger partial charge in [0.1, 0.15) is 0 Å². The molecule has 0 spiro atoms. The molecule has 1 saturated carbocycles. The van der Waals surface area contributed by atoms with E-state index < -0.39 is 0 Å². The first-order valence-corrected chi connectivity index (χ1v) is 7.47. The van der Waals surface area contributed by atoms with Crippen LogP contribution in [0.15, 0.2) is 18.3 Å². The highest BCUT2D eigenvalue weighted by molar-refractivity contribution is 5.83. The topological polar surface area (TPSA) is 70.2 Å². The summed E-state index contributed by atoms with van der Waals surface area (Å²) in [5.41, 5.74) is 2.15. The van der Waals surface area contributed by atoms with E-state index in [1.54, 1.807) is 12.3 Å². The Kier molecular flexibility index (Phi) is 2.92. The fourth-order valence-corrected chi connectivity index (χ4v) is 3.20. The standard InChI is InChI=1S/C15H17N3O3/c19-18(20)15-7-11-9-16-17(12-3-5-21-6-4-12)14(11)8-13(15)10-1-2-10/h7-10,12H,1-6H2.